The molecular formula is C21H23Cl2N3O4. The smallest absolute Gasteiger partial charge is 0.329 e. The van der Waals surface area contributed by atoms with Gasteiger partial charge < -0.3 is 14.8 Å². The van der Waals surface area contributed by atoms with Crippen LogP contribution in [0.4, 0.5) is 0 Å². The number of hydrogen-bond donors (Lipinski definition) is 2. The highest BCUT2D eigenvalue weighted by Crippen LogP contribution is 2.29. The number of amides is 2. The zero-order valence-electron chi connectivity index (χ0n) is 16.7. The fourth-order valence-corrected chi connectivity index (χ4v) is 2.67. The molecule has 0 aliphatic carbocycles. The number of hydrazone groups is 1. The van der Waals surface area contributed by atoms with E-state index in [0.29, 0.717) is 33.7 Å². The van der Waals surface area contributed by atoms with Gasteiger partial charge in [0.05, 0.1) is 23.4 Å². The molecule has 2 N–H and O–H groups in total. The van der Waals surface area contributed by atoms with Gasteiger partial charge in [0.15, 0.2) is 11.5 Å². The maximum Gasteiger partial charge on any atom is 0.329 e. The van der Waals surface area contributed by atoms with Crippen molar-refractivity contribution in [3.8, 4) is 11.5 Å². The molecule has 2 rings (SSSR count). The number of hydrogen-bond acceptors (Lipinski definition) is 5. The molecule has 0 aliphatic rings. The summed E-state index contributed by atoms with van der Waals surface area (Å²) in [5, 5.41) is 7.25. The van der Waals surface area contributed by atoms with Gasteiger partial charge in [-0.05, 0) is 47.9 Å². The molecule has 0 saturated heterocycles. The Morgan fingerprint density at radius 3 is 2.57 bits per heavy atom. The van der Waals surface area contributed by atoms with E-state index in [-0.39, 0.29) is 6.61 Å². The number of carbonyl (C=O) groups excluding carboxylic acids is 2. The van der Waals surface area contributed by atoms with Gasteiger partial charge in [-0.15, -0.1) is 0 Å². The van der Waals surface area contributed by atoms with Gasteiger partial charge in [0.25, 0.3) is 0 Å². The highest BCUT2D eigenvalue weighted by atomic mass is 35.5. The third-order valence-corrected chi connectivity index (χ3v) is 4.71. The first-order valence-electron chi connectivity index (χ1n) is 9.30. The van der Waals surface area contributed by atoms with Gasteiger partial charge in [-0.3, -0.25) is 9.59 Å². The zero-order chi connectivity index (χ0) is 21.9. The molecule has 2 aromatic carbocycles. The molecule has 2 amide bonds. The van der Waals surface area contributed by atoms with Crippen LogP contribution in [0, 0.1) is 0 Å². The van der Waals surface area contributed by atoms with Crippen LogP contribution in [0.2, 0.25) is 10.0 Å². The van der Waals surface area contributed by atoms with E-state index in [1.165, 1.54) is 13.3 Å². The maximum absolute atomic E-state index is 11.7. The average Bonchev–Trinajstić information content (AvgIpc) is 2.74. The number of carbonyl (C=O) groups is 2. The maximum atomic E-state index is 11.7. The molecule has 0 atom stereocenters. The number of halogens is 2. The summed E-state index contributed by atoms with van der Waals surface area (Å²) in [7, 11) is 1.52. The number of methoxy groups -OCH3 is 1. The summed E-state index contributed by atoms with van der Waals surface area (Å²) < 4.78 is 11.1. The molecule has 0 heterocycles. The highest BCUT2D eigenvalue weighted by molar-refractivity contribution is 6.42. The van der Waals surface area contributed by atoms with E-state index in [9.17, 15) is 9.59 Å². The van der Waals surface area contributed by atoms with Crippen molar-refractivity contribution in [3.63, 3.8) is 0 Å². The Morgan fingerprint density at radius 1 is 1.07 bits per heavy atom. The lowest BCUT2D eigenvalue weighted by molar-refractivity contribution is -0.139. The minimum atomic E-state index is -0.823. The number of ether oxygens (including phenoxy) is 2. The molecule has 30 heavy (non-hydrogen) atoms. The van der Waals surface area contributed by atoms with Crippen molar-refractivity contribution in [2.45, 2.75) is 26.4 Å². The van der Waals surface area contributed by atoms with Crippen molar-refractivity contribution in [3.05, 3.63) is 57.6 Å². The van der Waals surface area contributed by atoms with Crippen molar-refractivity contribution < 1.29 is 19.1 Å². The second-order valence-corrected chi connectivity index (χ2v) is 7.07. The minimum absolute atomic E-state index is 0.282. The molecule has 0 radical (unpaired) electrons. The normalized spacial score (nSPS) is 10.7. The van der Waals surface area contributed by atoms with Gasteiger partial charge in [0.2, 0.25) is 0 Å². The summed E-state index contributed by atoms with van der Waals surface area (Å²) in [4.78, 5) is 23.3. The van der Waals surface area contributed by atoms with Gasteiger partial charge in [0.1, 0.15) is 6.61 Å². The number of nitrogens with one attached hydrogen (secondary N) is 2. The molecule has 0 unspecified atom stereocenters. The van der Waals surface area contributed by atoms with Crippen LogP contribution in [0.3, 0.4) is 0 Å². The van der Waals surface area contributed by atoms with E-state index in [1.54, 1.807) is 30.3 Å². The highest BCUT2D eigenvalue weighted by Gasteiger charge is 2.11. The van der Waals surface area contributed by atoms with Gasteiger partial charge in [-0.2, -0.15) is 5.10 Å². The van der Waals surface area contributed by atoms with Gasteiger partial charge in [-0.1, -0.05) is 42.6 Å². The molecule has 9 heteroatoms. The lowest BCUT2D eigenvalue weighted by Crippen LogP contribution is -2.38. The van der Waals surface area contributed by atoms with Crippen LogP contribution in [-0.2, 0) is 16.2 Å². The molecule has 0 spiro atoms. The molecule has 7 nitrogen and oxygen atoms in total. The van der Waals surface area contributed by atoms with E-state index >= 15 is 0 Å². The van der Waals surface area contributed by atoms with Crippen LogP contribution in [0.5, 0.6) is 11.5 Å². The molecule has 160 valence electrons. The summed E-state index contributed by atoms with van der Waals surface area (Å²) in [6.07, 6.45) is 3.14. The minimum Gasteiger partial charge on any atom is -0.493 e. The Hall–Kier alpha value is -2.77. The van der Waals surface area contributed by atoms with Crippen molar-refractivity contribution in [1.82, 2.24) is 10.7 Å². The Morgan fingerprint density at radius 2 is 1.87 bits per heavy atom. The second-order valence-electron chi connectivity index (χ2n) is 6.26. The fraction of sp³-hybridized carbons (Fsp3) is 0.286. The van der Waals surface area contributed by atoms with E-state index in [0.717, 1.165) is 18.4 Å². The molecule has 0 aromatic heterocycles. The van der Waals surface area contributed by atoms with Crippen molar-refractivity contribution >= 4 is 41.2 Å². The summed E-state index contributed by atoms with van der Waals surface area (Å²) in [5.41, 5.74) is 3.70. The van der Waals surface area contributed by atoms with E-state index in [1.807, 2.05) is 13.0 Å². The second kappa shape index (κ2) is 12.0. The fourth-order valence-electron chi connectivity index (χ4n) is 2.35. The summed E-state index contributed by atoms with van der Waals surface area (Å²) in [6.45, 7) is 2.73. The predicted octanol–water partition coefficient (Wildman–Crippen LogP) is 3.95. The standard InChI is InChI=1S/C21H23Cl2N3O4/c1-3-4-9-24-20(27)21(28)26-25-12-14-6-8-18(19(11-14)29-2)30-13-15-5-7-16(22)17(23)10-15/h5-8,10-12H,3-4,9,13H2,1-2H3,(H,24,27)(H,26,28)/b25-12-. The zero-order valence-corrected chi connectivity index (χ0v) is 18.2. The topological polar surface area (TPSA) is 89.0 Å². The SMILES string of the molecule is CCCCNC(=O)C(=O)N/N=C\c1ccc(OCc2ccc(Cl)c(Cl)c2)c(OC)c1. The van der Waals surface area contributed by atoms with Crippen LogP contribution in [-0.4, -0.2) is 31.7 Å². The monoisotopic (exact) mass is 451 g/mol. The van der Waals surface area contributed by atoms with Crippen molar-refractivity contribution in [1.29, 1.82) is 0 Å². The molecule has 0 fully saturated rings. The molecule has 0 bridgehead atoms. The number of benzene rings is 2. The van der Waals surface area contributed by atoms with E-state index in [2.05, 4.69) is 15.8 Å². The van der Waals surface area contributed by atoms with Gasteiger partial charge in [-0.25, -0.2) is 5.43 Å². The Bertz CT molecular complexity index is 919. The lowest BCUT2D eigenvalue weighted by Gasteiger charge is -2.11. The third-order valence-electron chi connectivity index (χ3n) is 3.97. The Balaban J connectivity index is 1.94. The first-order valence-corrected chi connectivity index (χ1v) is 10.1. The summed E-state index contributed by atoms with van der Waals surface area (Å²) in [6, 6.07) is 10.4. The van der Waals surface area contributed by atoms with E-state index < -0.39 is 11.8 Å². The number of nitrogens with zero attached hydrogens (tertiary/aromatic N) is 1. The van der Waals surface area contributed by atoms with E-state index in [4.69, 9.17) is 32.7 Å². The largest absolute Gasteiger partial charge is 0.493 e. The molecular weight excluding hydrogens is 429 g/mol. The molecule has 0 saturated carbocycles. The van der Waals surface area contributed by atoms with Gasteiger partial charge >= 0.3 is 11.8 Å². The Labute approximate surface area is 185 Å². The van der Waals surface area contributed by atoms with Gasteiger partial charge in [0, 0.05) is 6.54 Å². The quantitative estimate of drug-likeness (QED) is 0.261. The van der Waals surface area contributed by atoms with Crippen LogP contribution in [0.15, 0.2) is 41.5 Å². The number of rotatable bonds is 9. The van der Waals surface area contributed by atoms with Crippen LogP contribution >= 0.6 is 23.2 Å². The summed E-state index contributed by atoms with van der Waals surface area (Å²) in [5.74, 6) is -0.525. The van der Waals surface area contributed by atoms with Crippen molar-refractivity contribution in [2.75, 3.05) is 13.7 Å². The third kappa shape index (κ3) is 7.24. The molecule has 0 aliphatic heterocycles. The Kier molecular flexibility index (Phi) is 9.44. The van der Waals surface area contributed by atoms with Crippen molar-refractivity contribution in [2.24, 2.45) is 5.10 Å². The lowest BCUT2D eigenvalue weighted by atomic mass is 10.2. The average molecular weight is 452 g/mol. The van der Waals surface area contributed by atoms with Crippen LogP contribution < -0.4 is 20.2 Å². The first-order chi connectivity index (χ1) is 14.4. The number of unbranched alkanes of at least 4 members (excludes halogenated alkanes) is 1. The summed E-state index contributed by atoms with van der Waals surface area (Å²) >= 11 is 11.9. The first kappa shape index (κ1) is 23.5. The molecule has 2 aromatic rings. The van der Waals surface area contributed by atoms with Crippen LogP contribution in [0.1, 0.15) is 30.9 Å². The predicted molar refractivity (Wildman–Crippen MR) is 117 cm³/mol. The van der Waals surface area contributed by atoms with Crippen LogP contribution in [0.25, 0.3) is 0 Å².